The average Bonchev–Trinajstić information content (AvgIpc) is 2.74. The van der Waals surface area contributed by atoms with Crippen LogP contribution in [0.5, 0.6) is 0 Å². The van der Waals surface area contributed by atoms with Crippen LogP contribution in [0.2, 0.25) is 0 Å². The maximum atomic E-state index is 13.6. The van der Waals surface area contributed by atoms with Crippen LogP contribution in [0.1, 0.15) is 21.5 Å². The summed E-state index contributed by atoms with van der Waals surface area (Å²) in [5, 5.41) is 10.8. The number of hydrogen-bond donors (Lipinski definition) is 1. The fourth-order valence-electron chi connectivity index (χ4n) is 1.94. The van der Waals surface area contributed by atoms with Gasteiger partial charge in [0.25, 0.3) is 0 Å². The summed E-state index contributed by atoms with van der Waals surface area (Å²) in [6.07, 6.45) is 0. The molecule has 0 spiro atoms. The largest absolute Gasteiger partial charge is 0.478 e. The van der Waals surface area contributed by atoms with Crippen LogP contribution in [-0.2, 0) is 13.1 Å². The lowest BCUT2D eigenvalue weighted by molar-refractivity contribution is 0.0692. The van der Waals surface area contributed by atoms with Crippen molar-refractivity contribution in [3.63, 3.8) is 0 Å². The molecule has 0 aliphatic heterocycles. The van der Waals surface area contributed by atoms with E-state index in [9.17, 15) is 9.18 Å². The molecule has 20 heavy (non-hydrogen) atoms. The SMILES string of the molecule is CN(Cc1csc(Br)c1)Cc1ccc(C(=O)O)c(F)c1. The van der Waals surface area contributed by atoms with Crippen LogP contribution in [-0.4, -0.2) is 23.0 Å². The maximum Gasteiger partial charge on any atom is 0.338 e. The molecular weight excluding hydrogens is 345 g/mol. The van der Waals surface area contributed by atoms with Crippen molar-refractivity contribution in [1.82, 2.24) is 4.90 Å². The first-order chi connectivity index (χ1) is 9.45. The molecule has 1 heterocycles. The minimum atomic E-state index is -1.24. The van der Waals surface area contributed by atoms with E-state index in [1.165, 1.54) is 17.7 Å². The van der Waals surface area contributed by atoms with E-state index in [2.05, 4.69) is 27.4 Å². The van der Waals surface area contributed by atoms with Gasteiger partial charge < -0.3 is 5.11 Å². The molecule has 0 bridgehead atoms. The van der Waals surface area contributed by atoms with Crippen molar-refractivity contribution in [3.05, 3.63) is 55.9 Å². The number of carbonyl (C=O) groups is 1. The van der Waals surface area contributed by atoms with Crippen molar-refractivity contribution in [2.24, 2.45) is 0 Å². The Balaban J connectivity index is 2.02. The van der Waals surface area contributed by atoms with Gasteiger partial charge in [0, 0.05) is 13.1 Å². The summed E-state index contributed by atoms with van der Waals surface area (Å²) in [5.41, 5.74) is 1.65. The van der Waals surface area contributed by atoms with Crippen molar-refractivity contribution in [2.45, 2.75) is 13.1 Å². The van der Waals surface area contributed by atoms with E-state index in [0.717, 1.165) is 15.9 Å². The minimum absolute atomic E-state index is 0.293. The Bertz CT molecular complexity index is 629. The number of aromatic carboxylic acids is 1. The van der Waals surface area contributed by atoms with Crippen LogP contribution in [0.15, 0.2) is 33.4 Å². The van der Waals surface area contributed by atoms with Gasteiger partial charge in [-0.15, -0.1) is 11.3 Å². The Kier molecular flexibility index (Phi) is 4.91. The molecule has 0 aliphatic carbocycles. The Labute approximate surface area is 128 Å². The zero-order valence-electron chi connectivity index (χ0n) is 10.8. The highest BCUT2D eigenvalue weighted by Gasteiger charge is 2.11. The Morgan fingerprint density at radius 3 is 2.60 bits per heavy atom. The number of benzene rings is 1. The van der Waals surface area contributed by atoms with E-state index in [4.69, 9.17) is 5.11 Å². The summed E-state index contributed by atoms with van der Waals surface area (Å²) in [7, 11) is 1.94. The Morgan fingerprint density at radius 2 is 2.05 bits per heavy atom. The van der Waals surface area contributed by atoms with E-state index in [1.54, 1.807) is 17.4 Å². The summed E-state index contributed by atoms with van der Waals surface area (Å²) in [5.74, 6) is -1.94. The molecule has 2 aromatic rings. The smallest absolute Gasteiger partial charge is 0.338 e. The van der Waals surface area contributed by atoms with Gasteiger partial charge in [-0.2, -0.15) is 0 Å². The molecule has 0 saturated heterocycles. The van der Waals surface area contributed by atoms with Crippen molar-refractivity contribution in [3.8, 4) is 0 Å². The second-order valence-electron chi connectivity index (χ2n) is 4.55. The minimum Gasteiger partial charge on any atom is -0.478 e. The molecule has 106 valence electrons. The molecule has 1 aromatic heterocycles. The summed E-state index contributed by atoms with van der Waals surface area (Å²) in [6.45, 7) is 1.31. The van der Waals surface area contributed by atoms with Crippen molar-refractivity contribution < 1.29 is 14.3 Å². The molecule has 2 rings (SSSR count). The molecule has 3 nitrogen and oxygen atoms in total. The van der Waals surface area contributed by atoms with Gasteiger partial charge in [0.05, 0.1) is 9.35 Å². The molecule has 0 unspecified atom stereocenters. The van der Waals surface area contributed by atoms with Crippen molar-refractivity contribution in [2.75, 3.05) is 7.05 Å². The number of thiophene rings is 1. The molecule has 0 saturated carbocycles. The first kappa shape index (κ1) is 15.2. The quantitative estimate of drug-likeness (QED) is 0.879. The lowest BCUT2D eigenvalue weighted by Gasteiger charge is -2.16. The van der Waals surface area contributed by atoms with Crippen LogP contribution in [0.4, 0.5) is 4.39 Å². The fraction of sp³-hybridized carbons (Fsp3) is 0.214. The molecule has 6 heteroatoms. The zero-order chi connectivity index (χ0) is 14.7. The van der Waals surface area contributed by atoms with E-state index < -0.39 is 11.8 Å². The molecule has 0 atom stereocenters. The van der Waals surface area contributed by atoms with Gasteiger partial charge in [-0.25, -0.2) is 9.18 Å². The van der Waals surface area contributed by atoms with Gasteiger partial charge in [0.15, 0.2) is 0 Å². The molecule has 1 N–H and O–H groups in total. The second-order valence-corrected chi connectivity index (χ2v) is 6.84. The predicted octanol–water partition coefficient (Wildman–Crippen LogP) is 3.98. The van der Waals surface area contributed by atoms with Gasteiger partial charge in [-0.3, -0.25) is 4.90 Å². The summed E-state index contributed by atoms with van der Waals surface area (Å²) < 4.78 is 14.7. The van der Waals surface area contributed by atoms with Gasteiger partial charge in [-0.05, 0) is 57.7 Å². The Morgan fingerprint density at radius 1 is 1.35 bits per heavy atom. The van der Waals surface area contributed by atoms with Crippen LogP contribution in [0.25, 0.3) is 0 Å². The molecule has 0 amide bonds. The number of nitrogens with zero attached hydrogens (tertiary/aromatic N) is 1. The monoisotopic (exact) mass is 357 g/mol. The van der Waals surface area contributed by atoms with Crippen LogP contribution < -0.4 is 0 Å². The van der Waals surface area contributed by atoms with E-state index in [-0.39, 0.29) is 5.56 Å². The predicted molar refractivity (Wildman–Crippen MR) is 80.5 cm³/mol. The highest BCUT2D eigenvalue weighted by atomic mass is 79.9. The zero-order valence-corrected chi connectivity index (χ0v) is 13.2. The third-order valence-corrected chi connectivity index (χ3v) is 4.34. The van der Waals surface area contributed by atoms with Gasteiger partial charge >= 0.3 is 5.97 Å². The number of halogens is 2. The lowest BCUT2D eigenvalue weighted by atomic mass is 10.1. The Hall–Kier alpha value is -1.24. The number of rotatable bonds is 5. The number of carboxylic acid groups (broad SMARTS) is 1. The number of hydrogen-bond acceptors (Lipinski definition) is 3. The highest BCUT2D eigenvalue weighted by Crippen LogP contribution is 2.22. The van der Waals surface area contributed by atoms with E-state index in [1.807, 2.05) is 11.9 Å². The van der Waals surface area contributed by atoms with Crippen LogP contribution in [0, 0.1) is 5.82 Å². The van der Waals surface area contributed by atoms with Gasteiger partial charge in [0.1, 0.15) is 5.82 Å². The number of carboxylic acids is 1. The third-order valence-electron chi connectivity index (χ3n) is 2.79. The second kappa shape index (κ2) is 6.47. The standard InChI is InChI=1S/C14H13BrFNO2S/c1-17(7-10-5-13(15)20-8-10)6-9-2-3-11(14(18)19)12(16)4-9/h2-5,8H,6-7H2,1H3,(H,18,19). The van der Waals surface area contributed by atoms with Crippen LogP contribution in [0.3, 0.4) is 0 Å². The van der Waals surface area contributed by atoms with Gasteiger partial charge in [0.2, 0.25) is 0 Å². The third kappa shape index (κ3) is 3.88. The van der Waals surface area contributed by atoms with Gasteiger partial charge in [-0.1, -0.05) is 6.07 Å². The lowest BCUT2D eigenvalue weighted by Crippen LogP contribution is -2.17. The van der Waals surface area contributed by atoms with Crippen molar-refractivity contribution >= 4 is 33.2 Å². The molecular formula is C14H13BrFNO2S. The van der Waals surface area contributed by atoms with Crippen LogP contribution >= 0.6 is 27.3 Å². The first-order valence-corrected chi connectivity index (χ1v) is 7.56. The highest BCUT2D eigenvalue weighted by molar-refractivity contribution is 9.11. The summed E-state index contributed by atoms with van der Waals surface area (Å²) in [4.78, 5) is 12.8. The fourth-order valence-corrected chi connectivity index (χ4v) is 3.14. The molecule has 0 aliphatic rings. The summed E-state index contributed by atoms with van der Waals surface area (Å²) >= 11 is 5.04. The molecule has 1 aromatic carbocycles. The van der Waals surface area contributed by atoms with E-state index >= 15 is 0 Å². The molecule has 0 radical (unpaired) electrons. The van der Waals surface area contributed by atoms with E-state index in [0.29, 0.717) is 6.54 Å². The average molecular weight is 358 g/mol. The van der Waals surface area contributed by atoms with Crippen molar-refractivity contribution in [1.29, 1.82) is 0 Å². The molecule has 0 fully saturated rings. The summed E-state index contributed by atoms with van der Waals surface area (Å²) in [6, 6.07) is 6.29. The topological polar surface area (TPSA) is 40.5 Å². The first-order valence-electron chi connectivity index (χ1n) is 5.89. The normalized spacial score (nSPS) is 11.0. The maximum absolute atomic E-state index is 13.6.